The Morgan fingerprint density at radius 3 is 2.45 bits per heavy atom. The predicted molar refractivity (Wildman–Crippen MR) is 75.1 cm³/mol. The maximum Gasteiger partial charge on any atom is 0.409 e. The van der Waals surface area contributed by atoms with Gasteiger partial charge in [0.1, 0.15) is 0 Å². The first kappa shape index (κ1) is 14.2. The fourth-order valence-corrected chi connectivity index (χ4v) is 2.26. The number of hydrogen-bond acceptors (Lipinski definition) is 4. The van der Waals surface area contributed by atoms with E-state index in [0.29, 0.717) is 38.3 Å². The molecule has 1 aromatic carbocycles. The first-order chi connectivity index (χ1) is 9.60. The van der Waals surface area contributed by atoms with Gasteiger partial charge in [0.15, 0.2) is 0 Å². The number of carbonyl (C=O) groups is 2. The number of amides is 2. The third-order valence-electron chi connectivity index (χ3n) is 3.37. The Balaban J connectivity index is 1.87. The van der Waals surface area contributed by atoms with E-state index in [9.17, 15) is 9.59 Å². The Morgan fingerprint density at radius 1 is 1.20 bits per heavy atom. The van der Waals surface area contributed by atoms with Gasteiger partial charge >= 0.3 is 6.09 Å². The zero-order valence-corrected chi connectivity index (χ0v) is 11.5. The number of ether oxygens (including phenoxy) is 1. The maximum atomic E-state index is 12.2. The maximum absolute atomic E-state index is 12.2. The van der Waals surface area contributed by atoms with Gasteiger partial charge in [0, 0.05) is 31.9 Å². The normalized spacial score (nSPS) is 15.1. The smallest absolute Gasteiger partial charge is 0.409 e. The lowest BCUT2D eigenvalue weighted by atomic mass is 10.1. The second kappa shape index (κ2) is 6.27. The number of benzene rings is 1. The molecule has 1 saturated heterocycles. The molecule has 0 aromatic heterocycles. The van der Waals surface area contributed by atoms with Crippen molar-refractivity contribution in [2.24, 2.45) is 0 Å². The fraction of sp³-hybridized carbons (Fsp3) is 0.429. The van der Waals surface area contributed by atoms with Gasteiger partial charge < -0.3 is 20.3 Å². The van der Waals surface area contributed by atoms with Crippen LogP contribution in [0.25, 0.3) is 0 Å². The highest BCUT2D eigenvalue weighted by atomic mass is 16.5. The van der Waals surface area contributed by atoms with Crippen LogP contribution in [0.4, 0.5) is 10.5 Å². The Hall–Kier alpha value is -2.24. The van der Waals surface area contributed by atoms with Gasteiger partial charge in [-0.2, -0.15) is 0 Å². The van der Waals surface area contributed by atoms with E-state index in [1.807, 2.05) is 18.2 Å². The third-order valence-corrected chi connectivity index (χ3v) is 3.37. The molecular formula is C14H19N3O3. The summed E-state index contributed by atoms with van der Waals surface area (Å²) in [5.41, 5.74) is 7.26. The van der Waals surface area contributed by atoms with Crippen molar-refractivity contribution in [1.29, 1.82) is 0 Å². The minimum Gasteiger partial charge on any atom is -0.453 e. The zero-order chi connectivity index (χ0) is 14.5. The van der Waals surface area contributed by atoms with E-state index in [2.05, 4.69) is 4.74 Å². The van der Waals surface area contributed by atoms with E-state index in [1.54, 1.807) is 15.9 Å². The summed E-state index contributed by atoms with van der Waals surface area (Å²) < 4.78 is 4.66. The molecule has 1 fully saturated rings. The molecule has 0 aliphatic carbocycles. The largest absolute Gasteiger partial charge is 0.453 e. The summed E-state index contributed by atoms with van der Waals surface area (Å²) in [4.78, 5) is 26.9. The molecule has 2 rings (SSSR count). The van der Waals surface area contributed by atoms with Crippen molar-refractivity contribution in [3.8, 4) is 0 Å². The highest BCUT2D eigenvalue weighted by Gasteiger charge is 2.24. The van der Waals surface area contributed by atoms with E-state index >= 15 is 0 Å². The van der Waals surface area contributed by atoms with E-state index in [1.165, 1.54) is 7.11 Å². The van der Waals surface area contributed by atoms with Gasteiger partial charge in [-0.15, -0.1) is 0 Å². The lowest BCUT2D eigenvalue weighted by Crippen LogP contribution is -2.50. The number of piperazine rings is 1. The molecule has 20 heavy (non-hydrogen) atoms. The summed E-state index contributed by atoms with van der Waals surface area (Å²) in [6.45, 7) is 2.09. The number of nitrogens with two attached hydrogens (primary N) is 1. The number of nitrogen functional groups attached to an aromatic ring is 1. The molecule has 2 amide bonds. The van der Waals surface area contributed by atoms with Crippen LogP contribution in [0, 0.1) is 0 Å². The summed E-state index contributed by atoms with van der Waals surface area (Å²) in [6, 6.07) is 7.33. The van der Waals surface area contributed by atoms with Gasteiger partial charge in [-0.25, -0.2) is 4.79 Å². The number of nitrogens with zero attached hydrogens (tertiary/aromatic N) is 2. The van der Waals surface area contributed by atoms with E-state index < -0.39 is 0 Å². The average molecular weight is 277 g/mol. The molecule has 0 atom stereocenters. The number of hydrogen-bond donors (Lipinski definition) is 1. The average Bonchev–Trinajstić information content (AvgIpc) is 2.46. The van der Waals surface area contributed by atoms with Crippen molar-refractivity contribution in [3.63, 3.8) is 0 Å². The van der Waals surface area contributed by atoms with Crippen molar-refractivity contribution in [1.82, 2.24) is 9.80 Å². The van der Waals surface area contributed by atoms with Crippen molar-refractivity contribution < 1.29 is 14.3 Å². The molecule has 0 bridgehead atoms. The van der Waals surface area contributed by atoms with Crippen molar-refractivity contribution in [3.05, 3.63) is 29.8 Å². The van der Waals surface area contributed by atoms with Gasteiger partial charge in [-0.05, 0) is 17.7 Å². The highest BCUT2D eigenvalue weighted by Crippen LogP contribution is 2.10. The van der Waals surface area contributed by atoms with E-state index in [0.717, 1.165) is 5.56 Å². The Morgan fingerprint density at radius 2 is 1.85 bits per heavy atom. The van der Waals surface area contributed by atoms with Gasteiger partial charge in [0.05, 0.1) is 13.5 Å². The first-order valence-electron chi connectivity index (χ1n) is 6.55. The zero-order valence-electron chi connectivity index (χ0n) is 11.5. The van der Waals surface area contributed by atoms with E-state index in [-0.39, 0.29) is 12.0 Å². The molecule has 1 heterocycles. The quantitative estimate of drug-likeness (QED) is 0.808. The van der Waals surface area contributed by atoms with Gasteiger partial charge in [-0.3, -0.25) is 4.79 Å². The molecule has 6 nitrogen and oxygen atoms in total. The predicted octanol–water partition coefficient (Wildman–Crippen LogP) is 0.722. The number of methoxy groups -OCH3 is 1. The first-order valence-corrected chi connectivity index (χ1v) is 6.55. The van der Waals surface area contributed by atoms with Crippen LogP contribution in [-0.2, 0) is 16.0 Å². The number of anilines is 1. The van der Waals surface area contributed by atoms with Crippen LogP contribution >= 0.6 is 0 Å². The SMILES string of the molecule is COC(=O)N1CCN(C(=O)Cc2cccc(N)c2)CC1. The summed E-state index contributed by atoms with van der Waals surface area (Å²) in [6.07, 6.45) is -0.00331. The molecule has 2 N–H and O–H groups in total. The molecule has 0 radical (unpaired) electrons. The lowest BCUT2D eigenvalue weighted by molar-refractivity contribution is -0.132. The highest BCUT2D eigenvalue weighted by molar-refractivity contribution is 5.79. The second-order valence-electron chi connectivity index (χ2n) is 4.76. The molecule has 0 unspecified atom stereocenters. The minimum atomic E-state index is -0.340. The molecule has 108 valence electrons. The van der Waals surface area contributed by atoms with Crippen LogP contribution in [0.5, 0.6) is 0 Å². The van der Waals surface area contributed by atoms with Crippen LogP contribution in [-0.4, -0.2) is 55.1 Å². The van der Waals surface area contributed by atoms with Crippen LogP contribution in [0.1, 0.15) is 5.56 Å². The van der Waals surface area contributed by atoms with Crippen LogP contribution in [0.3, 0.4) is 0 Å². The fourth-order valence-electron chi connectivity index (χ4n) is 2.26. The number of rotatable bonds is 2. The van der Waals surface area contributed by atoms with Crippen LogP contribution in [0.2, 0.25) is 0 Å². The second-order valence-corrected chi connectivity index (χ2v) is 4.76. The topological polar surface area (TPSA) is 75.9 Å². The van der Waals surface area contributed by atoms with E-state index in [4.69, 9.17) is 5.73 Å². The van der Waals surface area contributed by atoms with Crippen molar-refractivity contribution in [2.45, 2.75) is 6.42 Å². The Kier molecular flexibility index (Phi) is 4.45. The molecule has 6 heteroatoms. The Labute approximate surface area is 118 Å². The molecule has 0 spiro atoms. The van der Waals surface area contributed by atoms with Crippen LogP contribution in [0.15, 0.2) is 24.3 Å². The third kappa shape index (κ3) is 3.40. The molecule has 1 aliphatic rings. The number of carbonyl (C=O) groups excluding carboxylic acids is 2. The van der Waals surface area contributed by atoms with Gasteiger partial charge in [-0.1, -0.05) is 12.1 Å². The monoisotopic (exact) mass is 277 g/mol. The van der Waals surface area contributed by atoms with Crippen molar-refractivity contribution in [2.75, 3.05) is 39.0 Å². The summed E-state index contributed by atoms with van der Waals surface area (Å²) in [5, 5.41) is 0. The molecule has 0 saturated carbocycles. The van der Waals surface area contributed by atoms with Gasteiger partial charge in [0.25, 0.3) is 0 Å². The van der Waals surface area contributed by atoms with Crippen LogP contribution < -0.4 is 5.73 Å². The summed E-state index contributed by atoms with van der Waals surface area (Å²) >= 11 is 0. The molecular weight excluding hydrogens is 258 g/mol. The molecule has 1 aliphatic heterocycles. The summed E-state index contributed by atoms with van der Waals surface area (Å²) in [7, 11) is 1.36. The summed E-state index contributed by atoms with van der Waals surface area (Å²) in [5.74, 6) is 0.0557. The Bertz CT molecular complexity index is 496. The minimum absolute atomic E-state index is 0.0557. The van der Waals surface area contributed by atoms with Gasteiger partial charge in [0.2, 0.25) is 5.91 Å². The standard InChI is InChI=1S/C14H19N3O3/c1-20-14(19)17-7-5-16(6-8-17)13(18)10-11-3-2-4-12(15)9-11/h2-4,9H,5-8,10,15H2,1H3. The van der Waals surface area contributed by atoms with Crippen molar-refractivity contribution >= 4 is 17.7 Å². The lowest BCUT2D eigenvalue weighted by Gasteiger charge is -2.33. The molecule has 1 aromatic rings.